The molecule has 0 amide bonds. The summed E-state index contributed by atoms with van der Waals surface area (Å²) in [5, 5.41) is 3.30. The van der Waals surface area contributed by atoms with Gasteiger partial charge in [-0.25, -0.2) is 0 Å². The average molecular weight is 235 g/mol. The van der Waals surface area contributed by atoms with Crippen molar-refractivity contribution in [1.29, 1.82) is 0 Å². The number of benzene rings is 1. The van der Waals surface area contributed by atoms with Crippen LogP contribution in [0.25, 0.3) is 0 Å². The summed E-state index contributed by atoms with van der Waals surface area (Å²) in [5.74, 6) is 0.997. The quantitative estimate of drug-likeness (QED) is 0.597. The van der Waals surface area contributed by atoms with Crippen molar-refractivity contribution in [3.63, 3.8) is 0 Å². The number of aryl methyl sites for hydroxylation is 2. The summed E-state index contributed by atoms with van der Waals surface area (Å²) in [7, 11) is 0. The van der Waals surface area contributed by atoms with E-state index in [9.17, 15) is 0 Å². The van der Waals surface area contributed by atoms with Crippen LogP contribution in [-0.4, -0.2) is 18.8 Å². The fourth-order valence-corrected chi connectivity index (χ4v) is 2.41. The second-order valence-corrected chi connectivity index (χ2v) is 5.11. The Morgan fingerprint density at radius 1 is 1.38 bits per heavy atom. The smallest absolute Gasteiger partial charge is 0.0200 e. The molecule has 0 fully saturated rings. The van der Waals surface area contributed by atoms with Gasteiger partial charge in [0.05, 0.1) is 0 Å². The van der Waals surface area contributed by atoms with E-state index in [1.54, 1.807) is 0 Å². The van der Waals surface area contributed by atoms with Gasteiger partial charge in [-0.2, -0.15) is 0 Å². The van der Waals surface area contributed by atoms with Crippen LogP contribution < -0.4 is 5.32 Å². The van der Waals surface area contributed by atoms with Crippen molar-refractivity contribution in [3.05, 3.63) is 41.5 Å². The Labute approximate surface area is 103 Å². The monoisotopic (exact) mass is 235 g/mol. The Morgan fingerprint density at radius 2 is 2.12 bits per heavy atom. The highest BCUT2D eigenvalue weighted by Gasteiger charge is 2.00. The number of likely N-dealkylation sites (N-methyl/N-ethyl adjacent to an activating group) is 1. The molecule has 0 aliphatic rings. The lowest BCUT2D eigenvalue weighted by Gasteiger charge is -2.08. The standard InChI is InChI=1S/C14H21NS/c1-5-15-9-12(3)10-16-14-7-6-11(2)8-13(14)4/h6-8,15H,3,5,9-10H2,1-2,4H3. The molecule has 16 heavy (non-hydrogen) atoms. The van der Waals surface area contributed by atoms with Gasteiger partial charge in [0.15, 0.2) is 0 Å². The van der Waals surface area contributed by atoms with Gasteiger partial charge in [-0.15, -0.1) is 11.8 Å². The van der Waals surface area contributed by atoms with Crippen LogP contribution in [0.1, 0.15) is 18.1 Å². The van der Waals surface area contributed by atoms with Crippen LogP contribution in [0.4, 0.5) is 0 Å². The lowest BCUT2D eigenvalue weighted by Crippen LogP contribution is -2.16. The maximum absolute atomic E-state index is 4.07. The summed E-state index contributed by atoms with van der Waals surface area (Å²) < 4.78 is 0. The number of hydrogen-bond donors (Lipinski definition) is 1. The van der Waals surface area contributed by atoms with Crippen molar-refractivity contribution in [2.24, 2.45) is 0 Å². The highest BCUT2D eigenvalue weighted by Crippen LogP contribution is 2.24. The fourth-order valence-electron chi connectivity index (χ4n) is 1.49. The molecule has 1 N–H and O–H groups in total. The van der Waals surface area contributed by atoms with E-state index in [0.717, 1.165) is 18.8 Å². The number of hydrogen-bond acceptors (Lipinski definition) is 2. The maximum atomic E-state index is 4.07. The molecule has 2 heteroatoms. The third-order valence-corrected chi connectivity index (χ3v) is 3.71. The molecule has 0 atom stereocenters. The summed E-state index contributed by atoms with van der Waals surface area (Å²) in [5.41, 5.74) is 3.95. The Morgan fingerprint density at radius 3 is 2.75 bits per heavy atom. The van der Waals surface area contributed by atoms with Gasteiger partial charge >= 0.3 is 0 Å². The van der Waals surface area contributed by atoms with Crippen molar-refractivity contribution in [2.45, 2.75) is 25.7 Å². The number of nitrogens with one attached hydrogen (secondary N) is 1. The topological polar surface area (TPSA) is 12.0 Å². The van der Waals surface area contributed by atoms with Gasteiger partial charge < -0.3 is 5.32 Å². The summed E-state index contributed by atoms with van der Waals surface area (Å²) in [6, 6.07) is 6.60. The van der Waals surface area contributed by atoms with E-state index >= 15 is 0 Å². The molecule has 0 bridgehead atoms. The largest absolute Gasteiger partial charge is 0.313 e. The summed E-state index contributed by atoms with van der Waals surface area (Å²) in [6.07, 6.45) is 0. The van der Waals surface area contributed by atoms with Crippen molar-refractivity contribution >= 4 is 11.8 Å². The van der Waals surface area contributed by atoms with Crippen LogP contribution in [0, 0.1) is 13.8 Å². The van der Waals surface area contributed by atoms with Gasteiger partial charge in [-0.1, -0.05) is 36.8 Å². The Hall–Kier alpha value is -0.730. The highest BCUT2D eigenvalue weighted by molar-refractivity contribution is 7.99. The van der Waals surface area contributed by atoms with Gasteiger partial charge in [-0.3, -0.25) is 0 Å². The van der Waals surface area contributed by atoms with E-state index in [0.29, 0.717) is 0 Å². The second kappa shape index (κ2) is 6.77. The molecule has 1 aromatic rings. The van der Waals surface area contributed by atoms with Crippen LogP contribution in [0.15, 0.2) is 35.2 Å². The predicted octanol–water partition coefficient (Wildman–Crippen LogP) is 3.56. The molecule has 1 rings (SSSR count). The first-order valence-corrected chi connectivity index (χ1v) is 6.69. The summed E-state index contributed by atoms with van der Waals surface area (Å²) in [4.78, 5) is 1.36. The molecule has 0 unspecified atom stereocenters. The molecule has 1 nitrogen and oxygen atoms in total. The first-order valence-electron chi connectivity index (χ1n) is 5.71. The van der Waals surface area contributed by atoms with Crippen LogP contribution in [-0.2, 0) is 0 Å². The van der Waals surface area contributed by atoms with E-state index in [1.807, 2.05) is 11.8 Å². The molecule has 88 valence electrons. The molecule has 0 spiro atoms. The zero-order valence-corrected chi connectivity index (χ0v) is 11.3. The lowest BCUT2D eigenvalue weighted by molar-refractivity contribution is 0.779. The molecule has 1 aromatic carbocycles. The zero-order chi connectivity index (χ0) is 12.0. The normalized spacial score (nSPS) is 10.4. The van der Waals surface area contributed by atoms with Gasteiger partial charge in [0.25, 0.3) is 0 Å². The van der Waals surface area contributed by atoms with Crippen LogP contribution >= 0.6 is 11.8 Å². The molecular formula is C14H21NS. The van der Waals surface area contributed by atoms with E-state index in [-0.39, 0.29) is 0 Å². The second-order valence-electron chi connectivity index (χ2n) is 4.09. The van der Waals surface area contributed by atoms with E-state index in [2.05, 4.69) is 50.9 Å². The van der Waals surface area contributed by atoms with Crippen molar-refractivity contribution in [1.82, 2.24) is 5.32 Å². The molecule has 0 aliphatic heterocycles. The highest BCUT2D eigenvalue weighted by atomic mass is 32.2. The molecular weight excluding hydrogens is 214 g/mol. The molecule has 0 aliphatic carbocycles. The third kappa shape index (κ3) is 4.42. The third-order valence-electron chi connectivity index (χ3n) is 2.39. The van der Waals surface area contributed by atoms with Gasteiger partial charge in [0.1, 0.15) is 0 Å². The lowest BCUT2D eigenvalue weighted by atomic mass is 10.2. The molecule has 0 radical (unpaired) electrons. The minimum absolute atomic E-state index is 0.925. The average Bonchev–Trinajstić information content (AvgIpc) is 2.25. The molecule has 0 aromatic heterocycles. The first kappa shape index (κ1) is 13.3. The Kier molecular flexibility index (Phi) is 5.64. The first-order chi connectivity index (χ1) is 7.63. The fraction of sp³-hybridized carbons (Fsp3) is 0.429. The predicted molar refractivity (Wildman–Crippen MR) is 74.3 cm³/mol. The molecule has 0 saturated carbocycles. The van der Waals surface area contributed by atoms with Gasteiger partial charge in [0, 0.05) is 17.2 Å². The number of rotatable bonds is 6. The number of thioether (sulfide) groups is 1. The van der Waals surface area contributed by atoms with Gasteiger partial charge in [-0.05, 0) is 32.0 Å². The maximum Gasteiger partial charge on any atom is 0.0200 e. The summed E-state index contributed by atoms with van der Waals surface area (Å²) >= 11 is 1.87. The van der Waals surface area contributed by atoms with Crippen LogP contribution in [0.5, 0.6) is 0 Å². The van der Waals surface area contributed by atoms with Gasteiger partial charge in [0.2, 0.25) is 0 Å². The Balaban J connectivity index is 2.45. The van der Waals surface area contributed by atoms with E-state index in [1.165, 1.54) is 21.6 Å². The molecule has 0 heterocycles. The SMILES string of the molecule is C=C(CNCC)CSc1ccc(C)cc1C. The van der Waals surface area contributed by atoms with Crippen molar-refractivity contribution in [2.75, 3.05) is 18.8 Å². The minimum atomic E-state index is 0.925. The van der Waals surface area contributed by atoms with E-state index in [4.69, 9.17) is 0 Å². The Bertz CT molecular complexity index is 358. The minimum Gasteiger partial charge on any atom is -0.313 e. The van der Waals surface area contributed by atoms with Crippen LogP contribution in [0.3, 0.4) is 0 Å². The summed E-state index contributed by atoms with van der Waals surface area (Å²) in [6.45, 7) is 12.4. The van der Waals surface area contributed by atoms with Crippen molar-refractivity contribution in [3.8, 4) is 0 Å². The van der Waals surface area contributed by atoms with Crippen LogP contribution in [0.2, 0.25) is 0 Å². The molecule has 0 saturated heterocycles. The van der Waals surface area contributed by atoms with E-state index < -0.39 is 0 Å². The zero-order valence-electron chi connectivity index (χ0n) is 10.5. The van der Waals surface area contributed by atoms with Crippen molar-refractivity contribution < 1.29 is 0 Å².